The highest BCUT2D eigenvalue weighted by atomic mass is 16.3. The lowest BCUT2D eigenvalue weighted by Gasteiger charge is -2.61. The summed E-state index contributed by atoms with van der Waals surface area (Å²) in [5, 5.41) is 20.8. The summed E-state index contributed by atoms with van der Waals surface area (Å²) in [6, 6.07) is 0. The molecule has 4 aliphatic rings. The molecule has 0 aliphatic heterocycles. The number of hydrogen-bond acceptors (Lipinski definition) is 2. The van der Waals surface area contributed by atoms with Gasteiger partial charge in [0.05, 0.1) is 12.2 Å². The second-order valence-corrected chi connectivity index (χ2v) is 10.2. The number of fused-ring (bicyclic) bond motifs is 5. The van der Waals surface area contributed by atoms with Gasteiger partial charge in [0.15, 0.2) is 0 Å². The minimum atomic E-state index is -0.374. The molecule has 0 aromatic carbocycles. The molecule has 0 aromatic heterocycles. The SMILES string of the molecule is C=C=CC(O)[C@H]1CC[C@H]2[C@@H]3CC[C@H]4CC(O)CC[C@]4(C)[C@H]3CC[C@]12C. The molecule has 0 amide bonds. The van der Waals surface area contributed by atoms with Gasteiger partial charge in [-0.2, -0.15) is 0 Å². The number of aliphatic hydroxyl groups is 2. The van der Waals surface area contributed by atoms with Crippen LogP contribution in [0.15, 0.2) is 18.4 Å². The zero-order valence-corrected chi connectivity index (χ0v) is 16.1. The molecule has 25 heavy (non-hydrogen) atoms. The largest absolute Gasteiger partial charge is 0.393 e. The van der Waals surface area contributed by atoms with Gasteiger partial charge in [0.25, 0.3) is 0 Å². The van der Waals surface area contributed by atoms with Gasteiger partial charge in [0.2, 0.25) is 0 Å². The fraction of sp³-hybridized carbons (Fsp3) is 0.870. The molecule has 2 heteroatoms. The first-order chi connectivity index (χ1) is 11.9. The van der Waals surface area contributed by atoms with Crippen LogP contribution in [0.1, 0.15) is 71.6 Å². The van der Waals surface area contributed by atoms with Crippen molar-refractivity contribution in [2.24, 2.45) is 40.4 Å². The van der Waals surface area contributed by atoms with E-state index in [1.165, 1.54) is 38.5 Å². The Morgan fingerprint density at radius 3 is 2.48 bits per heavy atom. The molecule has 0 bridgehead atoms. The Hall–Kier alpha value is -0.560. The van der Waals surface area contributed by atoms with Crippen molar-refractivity contribution in [1.29, 1.82) is 0 Å². The van der Waals surface area contributed by atoms with Crippen molar-refractivity contribution >= 4 is 0 Å². The molecular weight excluding hydrogens is 308 g/mol. The molecule has 140 valence electrons. The summed E-state index contributed by atoms with van der Waals surface area (Å²) in [7, 11) is 0. The Labute approximate surface area is 153 Å². The first kappa shape index (κ1) is 17.8. The summed E-state index contributed by atoms with van der Waals surface area (Å²) in [6.07, 6.45) is 12.3. The maximum Gasteiger partial charge on any atom is 0.0827 e. The van der Waals surface area contributed by atoms with Crippen LogP contribution in [0.3, 0.4) is 0 Å². The van der Waals surface area contributed by atoms with Crippen molar-refractivity contribution in [3.05, 3.63) is 18.4 Å². The Morgan fingerprint density at radius 1 is 1.00 bits per heavy atom. The van der Waals surface area contributed by atoms with E-state index in [1.54, 1.807) is 6.08 Å². The van der Waals surface area contributed by atoms with E-state index in [1.807, 2.05) is 0 Å². The fourth-order valence-corrected chi connectivity index (χ4v) is 8.07. The van der Waals surface area contributed by atoms with Gasteiger partial charge in [-0.1, -0.05) is 20.4 Å². The third kappa shape index (κ3) is 2.59. The van der Waals surface area contributed by atoms with E-state index in [0.29, 0.717) is 11.3 Å². The van der Waals surface area contributed by atoms with Crippen LogP contribution in [-0.4, -0.2) is 22.4 Å². The zero-order valence-electron chi connectivity index (χ0n) is 16.1. The van der Waals surface area contributed by atoms with Crippen LogP contribution in [0.25, 0.3) is 0 Å². The van der Waals surface area contributed by atoms with Gasteiger partial charge in [-0.25, -0.2) is 0 Å². The predicted octanol–water partition coefficient (Wildman–Crippen LogP) is 4.71. The molecule has 4 aliphatic carbocycles. The molecule has 0 radical (unpaired) electrons. The minimum Gasteiger partial charge on any atom is -0.393 e. The van der Waals surface area contributed by atoms with E-state index in [4.69, 9.17) is 0 Å². The molecule has 4 fully saturated rings. The van der Waals surface area contributed by atoms with Crippen LogP contribution in [0.4, 0.5) is 0 Å². The van der Waals surface area contributed by atoms with Gasteiger partial charge >= 0.3 is 0 Å². The Balaban J connectivity index is 1.59. The van der Waals surface area contributed by atoms with Crippen molar-refractivity contribution in [3.8, 4) is 0 Å². The van der Waals surface area contributed by atoms with Crippen LogP contribution >= 0.6 is 0 Å². The number of rotatable bonds is 2. The van der Waals surface area contributed by atoms with Crippen LogP contribution < -0.4 is 0 Å². The smallest absolute Gasteiger partial charge is 0.0827 e. The summed E-state index contributed by atoms with van der Waals surface area (Å²) in [6.45, 7) is 8.67. The van der Waals surface area contributed by atoms with Crippen LogP contribution in [-0.2, 0) is 0 Å². The van der Waals surface area contributed by atoms with Gasteiger partial charge in [-0.05, 0) is 104 Å². The maximum atomic E-state index is 10.6. The lowest BCUT2D eigenvalue weighted by molar-refractivity contribution is -0.131. The third-order valence-corrected chi connectivity index (χ3v) is 9.41. The van der Waals surface area contributed by atoms with Crippen LogP contribution in [0, 0.1) is 40.4 Å². The van der Waals surface area contributed by atoms with Crippen LogP contribution in [0.2, 0.25) is 0 Å². The summed E-state index contributed by atoms with van der Waals surface area (Å²) < 4.78 is 0. The highest BCUT2D eigenvalue weighted by Crippen LogP contribution is 2.67. The molecule has 0 heterocycles. The summed E-state index contributed by atoms with van der Waals surface area (Å²) >= 11 is 0. The second kappa shape index (κ2) is 6.25. The van der Waals surface area contributed by atoms with Gasteiger partial charge in [-0.3, -0.25) is 0 Å². The van der Waals surface area contributed by atoms with Crippen molar-refractivity contribution in [2.45, 2.75) is 83.8 Å². The monoisotopic (exact) mass is 344 g/mol. The molecule has 9 atom stereocenters. The topological polar surface area (TPSA) is 40.5 Å². The predicted molar refractivity (Wildman–Crippen MR) is 101 cm³/mol. The molecule has 0 spiro atoms. The Kier molecular flexibility index (Phi) is 4.46. The van der Waals surface area contributed by atoms with E-state index < -0.39 is 0 Å². The standard InChI is InChI=1S/C23H36O2/c1-4-5-21(25)20-9-8-18-17-7-6-15-14-16(24)10-12-22(15,2)19(17)11-13-23(18,20)3/h5,15-21,24-25H,1,6-14H2,2-3H3/t15-,16?,17-,18-,19-,20+,21?,22-,23-/m0/s1. The second-order valence-electron chi connectivity index (χ2n) is 10.2. The third-order valence-electron chi connectivity index (χ3n) is 9.41. The first-order valence-electron chi connectivity index (χ1n) is 10.6. The van der Waals surface area contributed by atoms with Crippen molar-refractivity contribution < 1.29 is 10.2 Å². The fourth-order valence-electron chi connectivity index (χ4n) is 8.07. The van der Waals surface area contributed by atoms with E-state index in [9.17, 15) is 10.2 Å². The molecule has 2 unspecified atom stereocenters. The average Bonchev–Trinajstić information content (AvgIpc) is 2.93. The summed E-state index contributed by atoms with van der Waals surface area (Å²) in [4.78, 5) is 0. The molecule has 4 rings (SSSR count). The molecular formula is C23H36O2. The zero-order chi connectivity index (χ0) is 17.8. The highest BCUT2D eigenvalue weighted by molar-refractivity contribution is 5.11. The van der Waals surface area contributed by atoms with Gasteiger partial charge in [-0.15, -0.1) is 5.73 Å². The van der Waals surface area contributed by atoms with Gasteiger partial charge < -0.3 is 10.2 Å². The summed E-state index contributed by atoms with van der Waals surface area (Å²) in [5.74, 6) is 3.55. The highest BCUT2D eigenvalue weighted by Gasteiger charge is 2.60. The van der Waals surface area contributed by atoms with Crippen LogP contribution in [0.5, 0.6) is 0 Å². The molecule has 2 nitrogen and oxygen atoms in total. The van der Waals surface area contributed by atoms with E-state index in [0.717, 1.165) is 42.9 Å². The van der Waals surface area contributed by atoms with Gasteiger partial charge in [0, 0.05) is 0 Å². The van der Waals surface area contributed by atoms with Gasteiger partial charge in [0.1, 0.15) is 0 Å². The minimum absolute atomic E-state index is 0.0554. The molecule has 2 N–H and O–H groups in total. The lowest BCUT2D eigenvalue weighted by Crippen LogP contribution is -2.54. The van der Waals surface area contributed by atoms with E-state index in [-0.39, 0.29) is 17.6 Å². The number of hydrogen-bond donors (Lipinski definition) is 2. The quantitative estimate of drug-likeness (QED) is 0.712. The maximum absolute atomic E-state index is 10.6. The normalized spacial score (nSPS) is 53.1. The van der Waals surface area contributed by atoms with E-state index in [2.05, 4.69) is 26.2 Å². The number of aliphatic hydroxyl groups excluding tert-OH is 2. The van der Waals surface area contributed by atoms with Crippen molar-refractivity contribution in [3.63, 3.8) is 0 Å². The molecule has 4 saturated carbocycles. The first-order valence-corrected chi connectivity index (χ1v) is 10.6. The Bertz CT molecular complexity index is 564. The van der Waals surface area contributed by atoms with Crippen molar-refractivity contribution in [1.82, 2.24) is 0 Å². The van der Waals surface area contributed by atoms with E-state index >= 15 is 0 Å². The Morgan fingerprint density at radius 2 is 1.72 bits per heavy atom. The summed E-state index contributed by atoms with van der Waals surface area (Å²) in [5.41, 5.74) is 3.54. The van der Waals surface area contributed by atoms with Crippen molar-refractivity contribution in [2.75, 3.05) is 0 Å². The average molecular weight is 345 g/mol. The lowest BCUT2D eigenvalue weighted by atomic mass is 9.44. The molecule has 0 saturated heterocycles. The molecule has 0 aromatic rings.